The van der Waals surface area contributed by atoms with E-state index >= 15 is 0 Å². The number of benzene rings is 1. The second-order valence-corrected chi connectivity index (χ2v) is 7.06. The Hall–Kier alpha value is -2.80. The molecule has 2 unspecified atom stereocenters. The highest BCUT2D eigenvalue weighted by molar-refractivity contribution is 6.02. The van der Waals surface area contributed by atoms with Crippen LogP contribution in [0.1, 0.15) is 43.2 Å². The summed E-state index contributed by atoms with van der Waals surface area (Å²) in [5.41, 5.74) is 1.25. The van der Waals surface area contributed by atoms with Gasteiger partial charge in [-0.2, -0.15) is 0 Å². The smallest absolute Gasteiger partial charge is 0.319 e. The molecule has 0 saturated heterocycles. The standard InChI is InChI=1S/C21H27N3O4/c1-15-5-2-3-6-18(15)28-14-12-22-21(26)24-17-10-8-16(9-11-17)23-20(25)19-7-4-13-27-19/h4,7-11,13,15,18H,2-3,5-6,12,14H2,1H3,(H,23,25)(H2,22,24,26). The number of urea groups is 1. The highest BCUT2D eigenvalue weighted by atomic mass is 16.5. The Bertz CT molecular complexity index is 758. The summed E-state index contributed by atoms with van der Waals surface area (Å²) in [6.07, 6.45) is 6.59. The Morgan fingerprint density at radius 3 is 2.46 bits per heavy atom. The van der Waals surface area contributed by atoms with Crippen LogP contribution in [0.15, 0.2) is 47.1 Å². The van der Waals surface area contributed by atoms with E-state index in [1.165, 1.54) is 25.5 Å². The van der Waals surface area contributed by atoms with E-state index in [1.807, 2.05) is 0 Å². The summed E-state index contributed by atoms with van der Waals surface area (Å²) in [5.74, 6) is 0.511. The largest absolute Gasteiger partial charge is 0.459 e. The van der Waals surface area contributed by atoms with E-state index in [9.17, 15) is 9.59 Å². The van der Waals surface area contributed by atoms with Crippen molar-refractivity contribution in [1.82, 2.24) is 5.32 Å². The van der Waals surface area contributed by atoms with Crippen molar-refractivity contribution in [3.63, 3.8) is 0 Å². The summed E-state index contributed by atoms with van der Waals surface area (Å²) in [6, 6.07) is 9.83. The van der Waals surface area contributed by atoms with Gasteiger partial charge in [-0.15, -0.1) is 0 Å². The van der Waals surface area contributed by atoms with Gasteiger partial charge in [-0.3, -0.25) is 4.79 Å². The Morgan fingerprint density at radius 2 is 1.79 bits per heavy atom. The highest BCUT2D eigenvalue weighted by Gasteiger charge is 2.21. The number of hydrogen-bond acceptors (Lipinski definition) is 4. The first-order chi connectivity index (χ1) is 13.6. The summed E-state index contributed by atoms with van der Waals surface area (Å²) < 4.78 is 10.9. The molecule has 28 heavy (non-hydrogen) atoms. The first-order valence-corrected chi connectivity index (χ1v) is 9.73. The van der Waals surface area contributed by atoms with Crippen LogP contribution in [-0.2, 0) is 4.74 Å². The summed E-state index contributed by atoms with van der Waals surface area (Å²) in [4.78, 5) is 23.9. The molecule has 7 nitrogen and oxygen atoms in total. The van der Waals surface area contributed by atoms with Gasteiger partial charge >= 0.3 is 6.03 Å². The van der Waals surface area contributed by atoms with Gasteiger partial charge in [0.25, 0.3) is 5.91 Å². The zero-order chi connectivity index (χ0) is 19.8. The lowest BCUT2D eigenvalue weighted by Gasteiger charge is -2.28. The lowest BCUT2D eigenvalue weighted by molar-refractivity contribution is -0.00232. The molecule has 2 aromatic rings. The third-order valence-corrected chi connectivity index (χ3v) is 4.90. The van der Waals surface area contributed by atoms with Crippen LogP contribution < -0.4 is 16.0 Å². The number of carbonyl (C=O) groups excluding carboxylic acids is 2. The monoisotopic (exact) mass is 385 g/mol. The predicted molar refractivity (Wildman–Crippen MR) is 107 cm³/mol. The Labute approximate surface area is 164 Å². The van der Waals surface area contributed by atoms with Crippen molar-refractivity contribution in [2.75, 3.05) is 23.8 Å². The number of nitrogens with one attached hydrogen (secondary N) is 3. The van der Waals surface area contributed by atoms with Crippen LogP contribution in [-0.4, -0.2) is 31.2 Å². The van der Waals surface area contributed by atoms with Crippen molar-refractivity contribution in [2.45, 2.75) is 38.7 Å². The van der Waals surface area contributed by atoms with Gasteiger partial charge in [0.2, 0.25) is 0 Å². The van der Waals surface area contributed by atoms with Crippen LogP contribution in [0.3, 0.4) is 0 Å². The normalized spacial score (nSPS) is 19.0. The molecule has 1 aliphatic carbocycles. The molecular weight excluding hydrogens is 358 g/mol. The SMILES string of the molecule is CC1CCCCC1OCCNC(=O)Nc1ccc(NC(=O)c2ccco2)cc1. The van der Waals surface area contributed by atoms with Crippen LogP contribution in [0.4, 0.5) is 16.2 Å². The minimum atomic E-state index is -0.323. The van der Waals surface area contributed by atoms with E-state index in [2.05, 4.69) is 22.9 Å². The third kappa shape index (κ3) is 5.85. The van der Waals surface area contributed by atoms with Crippen LogP contribution in [0.5, 0.6) is 0 Å². The van der Waals surface area contributed by atoms with Crippen molar-refractivity contribution >= 4 is 23.3 Å². The van der Waals surface area contributed by atoms with E-state index in [4.69, 9.17) is 9.15 Å². The van der Waals surface area contributed by atoms with Crippen molar-refractivity contribution in [2.24, 2.45) is 5.92 Å². The molecule has 1 aliphatic rings. The van der Waals surface area contributed by atoms with Crippen molar-refractivity contribution in [1.29, 1.82) is 0 Å². The molecule has 3 amide bonds. The number of carbonyl (C=O) groups is 2. The Balaban J connectivity index is 1.36. The molecule has 1 saturated carbocycles. The van der Waals surface area contributed by atoms with Gasteiger partial charge in [0.15, 0.2) is 5.76 Å². The van der Waals surface area contributed by atoms with E-state index in [1.54, 1.807) is 36.4 Å². The molecule has 3 N–H and O–H groups in total. The second kappa shape index (κ2) is 9.94. The van der Waals surface area contributed by atoms with Gasteiger partial charge in [0.05, 0.1) is 19.0 Å². The lowest BCUT2D eigenvalue weighted by Crippen LogP contribution is -2.34. The molecule has 0 spiro atoms. The highest BCUT2D eigenvalue weighted by Crippen LogP contribution is 2.26. The summed E-state index contributed by atoms with van der Waals surface area (Å²) in [6.45, 7) is 3.21. The molecule has 0 bridgehead atoms. The van der Waals surface area contributed by atoms with Crippen LogP contribution in [0.25, 0.3) is 0 Å². The van der Waals surface area contributed by atoms with Crippen molar-refractivity contribution < 1.29 is 18.7 Å². The van der Waals surface area contributed by atoms with Gasteiger partial charge in [-0.05, 0) is 55.2 Å². The molecule has 0 radical (unpaired) electrons. The van der Waals surface area contributed by atoms with E-state index in [0.717, 1.165) is 6.42 Å². The fourth-order valence-electron chi connectivity index (χ4n) is 3.32. The van der Waals surface area contributed by atoms with Gasteiger partial charge in [0.1, 0.15) is 0 Å². The van der Waals surface area contributed by atoms with E-state index < -0.39 is 0 Å². The summed E-state index contributed by atoms with van der Waals surface area (Å²) in [5, 5.41) is 8.28. The molecule has 2 atom stereocenters. The number of ether oxygens (including phenoxy) is 1. The fourth-order valence-corrected chi connectivity index (χ4v) is 3.32. The van der Waals surface area contributed by atoms with E-state index in [0.29, 0.717) is 36.5 Å². The number of amides is 3. The molecule has 150 valence electrons. The predicted octanol–water partition coefficient (Wildman–Crippen LogP) is 4.25. The molecule has 1 heterocycles. The maximum atomic E-state index is 12.0. The molecular formula is C21H27N3O4. The van der Waals surface area contributed by atoms with Crippen LogP contribution in [0, 0.1) is 5.92 Å². The van der Waals surface area contributed by atoms with Crippen LogP contribution >= 0.6 is 0 Å². The van der Waals surface area contributed by atoms with Crippen molar-refractivity contribution in [3.8, 4) is 0 Å². The zero-order valence-corrected chi connectivity index (χ0v) is 16.1. The third-order valence-electron chi connectivity index (χ3n) is 4.90. The Kier molecular flexibility index (Phi) is 7.08. The number of furan rings is 1. The van der Waals surface area contributed by atoms with Crippen LogP contribution in [0.2, 0.25) is 0 Å². The zero-order valence-electron chi connectivity index (χ0n) is 16.1. The maximum absolute atomic E-state index is 12.0. The average Bonchev–Trinajstić information content (AvgIpc) is 3.23. The topological polar surface area (TPSA) is 92.6 Å². The quantitative estimate of drug-likeness (QED) is 0.621. The number of anilines is 2. The summed E-state index contributed by atoms with van der Waals surface area (Å²) in [7, 11) is 0. The maximum Gasteiger partial charge on any atom is 0.319 e. The molecule has 3 rings (SSSR count). The number of rotatable bonds is 7. The lowest BCUT2D eigenvalue weighted by atomic mass is 9.88. The van der Waals surface area contributed by atoms with Gasteiger partial charge in [-0.1, -0.05) is 19.8 Å². The first kappa shape index (κ1) is 19.9. The molecule has 1 aromatic heterocycles. The fraction of sp³-hybridized carbons (Fsp3) is 0.429. The van der Waals surface area contributed by atoms with Gasteiger partial charge < -0.3 is 25.1 Å². The second-order valence-electron chi connectivity index (χ2n) is 7.06. The number of hydrogen-bond donors (Lipinski definition) is 3. The molecule has 7 heteroatoms. The average molecular weight is 385 g/mol. The van der Waals surface area contributed by atoms with Crippen molar-refractivity contribution in [3.05, 3.63) is 48.4 Å². The van der Waals surface area contributed by atoms with E-state index in [-0.39, 0.29) is 17.7 Å². The molecule has 1 aromatic carbocycles. The van der Waals surface area contributed by atoms with Gasteiger partial charge in [-0.25, -0.2) is 4.79 Å². The molecule has 1 fully saturated rings. The Morgan fingerprint density at radius 1 is 1.07 bits per heavy atom. The first-order valence-electron chi connectivity index (χ1n) is 9.73. The van der Waals surface area contributed by atoms with Gasteiger partial charge in [0, 0.05) is 17.9 Å². The minimum Gasteiger partial charge on any atom is -0.459 e. The molecule has 0 aliphatic heterocycles. The summed E-state index contributed by atoms with van der Waals surface area (Å²) >= 11 is 0. The minimum absolute atomic E-state index is 0.242.